The smallest absolute Gasteiger partial charge is 0.229 e. The first-order valence-corrected chi connectivity index (χ1v) is 11.5. The lowest BCUT2D eigenvalue weighted by atomic mass is 9.90. The highest BCUT2D eigenvalue weighted by molar-refractivity contribution is 6.31. The van der Waals surface area contributed by atoms with E-state index in [0.717, 1.165) is 71.4 Å². The molecule has 2 aromatic heterocycles. The molecule has 0 bridgehead atoms. The molecule has 1 N–H and O–H groups in total. The van der Waals surface area contributed by atoms with Gasteiger partial charge in [0, 0.05) is 30.8 Å². The second kappa shape index (κ2) is 8.79. The summed E-state index contributed by atoms with van der Waals surface area (Å²) in [5.41, 5.74) is 4.19. The molecule has 0 saturated carbocycles. The van der Waals surface area contributed by atoms with Crippen LogP contribution in [-0.2, 0) is 13.5 Å². The fourth-order valence-electron chi connectivity index (χ4n) is 4.34. The van der Waals surface area contributed by atoms with Crippen molar-refractivity contribution in [1.29, 1.82) is 0 Å². The van der Waals surface area contributed by atoms with E-state index in [9.17, 15) is 0 Å². The second-order valence-corrected chi connectivity index (χ2v) is 8.99. The van der Waals surface area contributed by atoms with Crippen LogP contribution in [0.4, 0.5) is 17.5 Å². The molecule has 0 aliphatic carbocycles. The Bertz CT molecular complexity index is 1230. The standard InChI is InChI=1S/C25H27ClN6/c1-17-8-9-20(15-22(17)26)28-23-21-16-27-31(2)24(21)30-25(29-23)32-12-10-19(11-13-32)14-18-6-4-3-5-7-18/h3-9,15-16,19H,10-14H2,1-2H3,(H,28,29,30). The van der Waals surface area contributed by atoms with Gasteiger partial charge in [-0.3, -0.25) is 4.68 Å². The van der Waals surface area contributed by atoms with Gasteiger partial charge >= 0.3 is 0 Å². The predicted molar refractivity (Wildman–Crippen MR) is 131 cm³/mol. The van der Waals surface area contributed by atoms with E-state index in [1.165, 1.54) is 5.56 Å². The zero-order valence-electron chi connectivity index (χ0n) is 18.4. The minimum Gasteiger partial charge on any atom is -0.341 e. The molecule has 0 atom stereocenters. The van der Waals surface area contributed by atoms with E-state index in [-0.39, 0.29) is 0 Å². The summed E-state index contributed by atoms with van der Waals surface area (Å²) in [6, 6.07) is 16.7. The lowest BCUT2D eigenvalue weighted by Crippen LogP contribution is -2.35. The van der Waals surface area contributed by atoms with Crippen LogP contribution in [0.25, 0.3) is 11.0 Å². The zero-order valence-corrected chi connectivity index (χ0v) is 19.2. The van der Waals surface area contributed by atoms with Crippen molar-refractivity contribution in [3.8, 4) is 0 Å². The van der Waals surface area contributed by atoms with Crippen LogP contribution in [0.5, 0.6) is 0 Å². The van der Waals surface area contributed by atoms with Gasteiger partial charge in [0.15, 0.2) is 5.65 Å². The Labute approximate surface area is 193 Å². The highest BCUT2D eigenvalue weighted by Crippen LogP contribution is 2.30. The van der Waals surface area contributed by atoms with Gasteiger partial charge in [-0.2, -0.15) is 15.1 Å². The summed E-state index contributed by atoms with van der Waals surface area (Å²) in [5, 5.41) is 9.46. The average molecular weight is 447 g/mol. The molecule has 0 radical (unpaired) electrons. The molecule has 2 aromatic carbocycles. The number of piperidine rings is 1. The van der Waals surface area contributed by atoms with Crippen molar-refractivity contribution in [3.05, 3.63) is 70.9 Å². The van der Waals surface area contributed by atoms with Crippen molar-refractivity contribution < 1.29 is 0 Å². The number of hydrogen-bond donors (Lipinski definition) is 1. The number of aryl methyl sites for hydroxylation is 2. The minimum absolute atomic E-state index is 0.696. The molecule has 4 aromatic rings. The van der Waals surface area contributed by atoms with Crippen LogP contribution in [0, 0.1) is 12.8 Å². The summed E-state index contributed by atoms with van der Waals surface area (Å²) in [6.07, 6.45) is 5.22. The Morgan fingerprint density at radius 2 is 1.84 bits per heavy atom. The van der Waals surface area contributed by atoms with Crippen molar-refractivity contribution in [1.82, 2.24) is 19.7 Å². The number of aromatic nitrogens is 4. The van der Waals surface area contributed by atoms with Crippen LogP contribution in [0.3, 0.4) is 0 Å². The van der Waals surface area contributed by atoms with Crippen LogP contribution in [-0.4, -0.2) is 32.8 Å². The van der Waals surface area contributed by atoms with Gasteiger partial charge in [0.05, 0.1) is 11.6 Å². The number of halogens is 1. The van der Waals surface area contributed by atoms with E-state index in [2.05, 4.69) is 45.6 Å². The lowest BCUT2D eigenvalue weighted by molar-refractivity contribution is 0.401. The number of benzene rings is 2. The normalized spacial score (nSPS) is 14.8. The molecule has 0 unspecified atom stereocenters. The van der Waals surface area contributed by atoms with Gasteiger partial charge < -0.3 is 10.2 Å². The van der Waals surface area contributed by atoms with Crippen molar-refractivity contribution >= 4 is 40.1 Å². The van der Waals surface area contributed by atoms with Gasteiger partial charge in [0.2, 0.25) is 5.95 Å². The van der Waals surface area contributed by atoms with E-state index in [0.29, 0.717) is 5.92 Å². The van der Waals surface area contributed by atoms with Crippen molar-refractivity contribution in [2.75, 3.05) is 23.3 Å². The van der Waals surface area contributed by atoms with Crippen LogP contribution in [0.1, 0.15) is 24.0 Å². The first-order chi connectivity index (χ1) is 15.6. The number of nitrogens with one attached hydrogen (secondary N) is 1. The topological polar surface area (TPSA) is 58.9 Å². The molecule has 5 rings (SSSR count). The summed E-state index contributed by atoms with van der Waals surface area (Å²) >= 11 is 6.33. The highest BCUT2D eigenvalue weighted by Gasteiger charge is 2.23. The minimum atomic E-state index is 0.696. The molecular formula is C25H27ClN6. The molecule has 1 aliphatic heterocycles. The van der Waals surface area contributed by atoms with Gasteiger partial charge in [0.25, 0.3) is 0 Å². The third kappa shape index (κ3) is 4.28. The highest BCUT2D eigenvalue weighted by atomic mass is 35.5. The van der Waals surface area contributed by atoms with E-state index in [4.69, 9.17) is 21.6 Å². The number of anilines is 3. The first kappa shape index (κ1) is 20.8. The van der Waals surface area contributed by atoms with Crippen molar-refractivity contribution in [2.45, 2.75) is 26.2 Å². The summed E-state index contributed by atoms with van der Waals surface area (Å²) < 4.78 is 1.80. The van der Waals surface area contributed by atoms with Crippen molar-refractivity contribution in [3.63, 3.8) is 0 Å². The Morgan fingerprint density at radius 3 is 2.59 bits per heavy atom. The molecule has 32 heavy (non-hydrogen) atoms. The third-order valence-corrected chi connectivity index (χ3v) is 6.69. The lowest BCUT2D eigenvalue weighted by Gasteiger charge is -2.32. The monoisotopic (exact) mass is 446 g/mol. The SMILES string of the molecule is Cc1ccc(Nc2nc(N3CCC(Cc4ccccc4)CC3)nc3c2cnn3C)cc1Cl. The maximum Gasteiger partial charge on any atom is 0.229 e. The Kier molecular flexibility index (Phi) is 5.70. The van der Waals surface area contributed by atoms with Crippen LogP contribution >= 0.6 is 11.6 Å². The largest absolute Gasteiger partial charge is 0.341 e. The van der Waals surface area contributed by atoms with Gasteiger partial charge in [-0.1, -0.05) is 48.0 Å². The molecule has 3 heterocycles. The first-order valence-electron chi connectivity index (χ1n) is 11.1. The molecule has 0 spiro atoms. The molecule has 164 valence electrons. The fourth-order valence-corrected chi connectivity index (χ4v) is 4.52. The van der Waals surface area contributed by atoms with Crippen LogP contribution in [0.15, 0.2) is 54.7 Å². The maximum atomic E-state index is 6.33. The zero-order chi connectivity index (χ0) is 22.1. The van der Waals surface area contributed by atoms with E-state index < -0.39 is 0 Å². The van der Waals surface area contributed by atoms with E-state index in [1.54, 1.807) is 4.68 Å². The predicted octanol–water partition coefficient (Wildman–Crippen LogP) is 5.53. The van der Waals surface area contributed by atoms with Gasteiger partial charge in [-0.05, 0) is 55.4 Å². The number of rotatable bonds is 5. The molecule has 1 aliphatic rings. The Hall–Kier alpha value is -3.12. The molecule has 6 nitrogen and oxygen atoms in total. The average Bonchev–Trinajstić information content (AvgIpc) is 3.18. The third-order valence-electron chi connectivity index (χ3n) is 6.28. The maximum absolute atomic E-state index is 6.33. The van der Waals surface area contributed by atoms with Gasteiger partial charge in [-0.15, -0.1) is 0 Å². The number of nitrogens with zero attached hydrogens (tertiary/aromatic N) is 5. The summed E-state index contributed by atoms with van der Waals surface area (Å²) in [6.45, 7) is 3.91. The summed E-state index contributed by atoms with van der Waals surface area (Å²) in [4.78, 5) is 12.0. The van der Waals surface area contributed by atoms with E-state index >= 15 is 0 Å². The molecule has 1 saturated heterocycles. The fraction of sp³-hybridized carbons (Fsp3) is 0.320. The quantitative estimate of drug-likeness (QED) is 0.437. The second-order valence-electron chi connectivity index (χ2n) is 8.59. The molecule has 0 amide bonds. The van der Waals surface area contributed by atoms with Crippen LogP contribution < -0.4 is 10.2 Å². The summed E-state index contributed by atoms with van der Waals surface area (Å²) in [5.74, 6) is 2.20. The van der Waals surface area contributed by atoms with Gasteiger partial charge in [-0.25, -0.2) is 0 Å². The van der Waals surface area contributed by atoms with E-state index in [1.807, 2.05) is 38.4 Å². The van der Waals surface area contributed by atoms with Crippen LogP contribution in [0.2, 0.25) is 5.02 Å². The molecular weight excluding hydrogens is 420 g/mol. The number of hydrogen-bond acceptors (Lipinski definition) is 5. The van der Waals surface area contributed by atoms with Gasteiger partial charge in [0.1, 0.15) is 5.82 Å². The summed E-state index contributed by atoms with van der Waals surface area (Å²) in [7, 11) is 1.91. The number of fused-ring (bicyclic) bond motifs is 1. The Balaban J connectivity index is 1.37. The Morgan fingerprint density at radius 1 is 1.06 bits per heavy atom. The van der Waals surface area contributed by atoms with Crippen molar-refractivity contribution in [2.24, 2.45) is 13.0 Å². The molecule has 1 fully saturated rings. The molecule has 7 heteroatoms.